The first-order valence-electron chi connectivity index (χ1n) is 5.94. The van der Waals surface area contributed by atoms with Crippen molar-refractivity contribution in [1.82, 2.24) is 0 Å². The summed E-state index contributed by atoms with van der Waals surface area (Å²) in [5.74, 6) is 0.156. The van der Waals surface area contributed by atoms with E-state index in [-0.39, 0.29) is 11.8 Å². The van der Waals surface area contributed by atoms with Crippen LogP contribution in [0.2, 0.25) is 0 Å². The Labute approximate surface area is 104 Å². The molecule has 0 saturated heterocycles. The van der Waals surface area contributed by atoms with Crippen LogP contribution in [0.3, 0.4) is 0 Å². The van der Waals surface area contributed by atoms with Crippen LogP contribution < -0.4 is 5.32 Å². The maximum atomic E-state index is 11.1. The Kier molecular flexibility index (Phi) is 5.00. The summed E-state index contributed by atoms with van der Waals surface area (Å²) in [6.07, 6.45) is 3.48. The third-order valence-corrected chi connectivity index (χ3v) is 3.56. The molecule has 0 spiro atoms. The van der Waals surface area contributed by atoms with E-state index in [0.717, 1.165) is 18.5 Å². The highest BCUT2D eigenvalue weighted by Crippen LogP contribution is 2.12. The van der Waals surface area contributed by atoms with Crippen molar-refractivity contribution in [3.63, 3.8) is 0 Å². The van der Waals surface area contributed by atoms with Gasteiger partial charge in [0.05, 0.1) is 5.75 Å². The Morgan fingerprint density at radius 1 is 1.24 bits per heavy atom. The second-order valence-corrected chi connectivity index (χ2v) is 6.77. The molecule has 1 rings (SSSR count). The zero-order chi connectivity index (χ0) is 12.9. The maximum absolute atomic E-state index is 11.1. The first kappa shape index (κ1) is 14.0. The number of nitrogens with one attached hydrogen (secondary N) is 1. The van der Waals surface area contributed by atoms with Gasteiger partial charge in [0.15, 0.2) is 0 Å². The fourth-order valence-corrected chi connectivity index (χ4v) is 2.83. The summed E-state index contributed by atoms with van der Waals surface area (Å²) in [7, 11) is -2.92. The number of hydrogen-bond acceptors (Lipinski definition) is 3. The van der Waals surface area contributed by atoms with Gasteiger partial charge in [0.1, 0.15) is 9.84 Å². The van der Waals surface area contributed by atoms with E-state index in [2.05, 4.69) is 24.4 Å². The molecule has 0 aliphatic rings. The molecule has 0 heterocycles. The van der Waals surface area contributed by atoms with Crippen molar-refractivity contribution in [2.24, 2.45) is 0 Å². The zero-order valence-corrected chi connectivity index (χ0v) is 11.5. The highest BCUT2D eigenvalue weighted by Gasteiger charge is 2.09. The minimum atomic E-state index is -2.92. The van der Waals surface area contributed by atoms with Crippen LogP contribution in [0.4, 0.5) is 5.69 Å². The lowest BCUT2D eigenvalue weighted by atomic mass is 10.1. The molecule has 17 heavy (non-hydrogen) atoms. The monoisotopic (exact) mass is 255 g/mol. The van der Waals surface area contributed by atoms with Crippen LogP contribution in [-0.4, -0.2) is 26.5 Å². The second kappa shape index (κ2) is 6.05. The first-order chi connectivity index (χ1) is 7.90. The van der Waals surface area contributed by atoms with Crippen LogP contribution in [0.5, 0.6) is 0 Å². The summed E-state index contributed by atoms with van der Waals surface area (Å²) < 4.78 is 22.3. The average molecular weight is 255 g/mol. The van der Waals surface area contributed by atoms with Gasteiger partial charge >= 0.3 is 0 Å². The molecular weight excluding hydrogens is 234 g/mol. The molecule has 0 aromatic heterocycles. The van der Waals surface area contributed by atoms with E-state index in [9.17, 15) is 8.42 Å². The summed E-state index contributed by atoms with van der Waals surface area (Å²) in [4.78, 5) is 0. The molecule has 96 valence electrons. The van der Waals surface area contributed by atoms with Gasteiger partial charge in [-0.05, 0) is 31.0 Å². The van der Waals surface area contributed by atoms with E-state index in [1.807, 2.05) is 19.1 Å². The summed E-state index contributed by atoms with van der Waals surface area (Å²) in [6, 6.07) is 8.10. The number of anilines is 1. The molecule has 0 saturated carbocycles. The Hall–Kier alpha value is -1.03. The normalized spacial score (nSPS) is 13.4. The van der Waals surface area contributed by atoms with Crippen LogP contribution in [0.15, 0.2) is 24.3 Å². The topological polar surface area (TPSA) is 46.2 Å². The van der Waals surface area contributed by atoms with Crippen molar-refractivity contribution in [2.75, 3.05) is 17.3 Å². The molecular formula is C13H21NO2S. The van der Waals surface area contributed by atoms with Gasteiger partial charge in [0.25, 0.3) is 0 Å². The molecule has 0 aliphatic heterocycles. The van der Waals surface area contributed by atoms with Gasteiger partial charge in [-0.15, -0.1) is 0 Å². The number of sulfone groups is 1. The second-order valence-electron chi connectivity index (χ2n) is 4.58. The Bertz CT molecular complexity index is 437. The van der Waals surface area contributed by atoms with Gasteiger partial charge in [-0.1, -0.05) is 25.5 Å². The van der Waals surface area contributed by atoms with E-state index in [1.165, 1.54) is 11.8 Å². The molecule has 1 atom stereocenters. The highest BCUT2D eigenvalue weighted by molar-refractivity contribution is 7.90. The van der Waals surface area contributed by atoms with Crippen LogP contribution in [0, 0.1) is 0 Å². The predicted molar refractivity (Wildman–Crippen MR) is 73.2 cm³/mol. The van der Waals surface area contributed by atoms with Gasteiger partial charge in [0, 0.05) is 18.0 Å². The standard InChI is InChI=1S/C13H21NO2S/c1-4-5-12-6-8-13(9-7-12)14-11(2)10-17(3,15)16/h6-9,11,14H,4-5,10H2,1-3H3. The SMILES string of the molecule is CCCc1ccc(NC(C)CS(C)(=O)=O)cc1. The minimum Gasteiger partial charge on any atom is -0.382 e. The first-order valence-corrected chi connectivity index (χ1v) is 8.00. The van der Waals surface area contributed by atoms with Crippen molar-refractivity contribution in [1.29, 1.82) is 0 Å². The van der Waals surface area contributed by atoms with Crippen LogP contribution in [-0.2, 0) is 16.3 Å². The Morgan fingerprint density at radius 3 is 2.29 bits per heavy atom. The lowest BCUT2D eigenvalue weighted by Gasteiger charge is -2.14. The fraction of sp³-hybridized carbons (Fsp3) is 0.538. The van der Waals surface area contributed by atoms with Crippen LogP contribution >= 0.6 is 0 Å². The lowest BCUT2D eigenvalue weighted by molar-refractivity contribution is 0.598. The lowest BCUT2D eigenvalue weighted by Crippen LogP contribution is -2.24. The van der Waals surface area contributed by atoms with Crippen molar-refractivity contribution in [2.45, 2.75) is 32.7 Å². The Balaban J connectivity index is 2.57. The van der Waals surface area contributed by atoms with E-state index in [4.69, 9.17) is 0 Å². The number of benzene rings is 1. The van der Waals surface area contributed by atoms with E-state index in [0.29, 0.717) is 0 Å². The van der Waals surface area contributed by atoms with Gasteiger partial charge in [0.2, 0.25) is 0 Å². The molecule has 0 fully saturated rings. The summed E-state index contributed by atoms with van der Waals surface area (Å²) >= 11 is 0. The van der Waals surface area contributed by atoms with Crippen molar-refractivity contribution in [3.05, 3.63) is 29.8 Å². The van der Waals surface area contributed by atoms with Gasteiger partial charge in [-0.3, -0.25) is 0 Å². The number of hydrogen-bond donors (Lipinski definition) is 1. The quantitative estimate of drug-likeness (QED) is 0.849. The number of rotatable bonds is 6. The molecule has 0 bridgehead atoms. The molecule has 0 aliphatic carbocycles. The third-order valence-electron chi connectivity index (χ3n) is 2.46. The molecule has 0 radical (unpaired) electrons. The highest BCUT2D eigenvalue weighted by atomic mass is 32.2. The van der Waals surface area contributed by atoms with E-state index >= 15 is 0 Å². The smallest absolute Gasteiger partial charge is 0.149 e. The molecule has 3 nitrogen and oxygen atoms in total. The zero-order valence-electron chi connectivity index (χ0n) is 10.7. The van der Waals surface area contributed by atoms with Crippen molar-refractivity contribution in [3.8, 4) is 0 Å². The molecule has 4 heteroatoms. The molecule has 0 amide bonds. The van der Waals surface area contributed by atoms with Crippen LogP contribution in [0.25, 0.3) is 0 Å². The van der Waals surface area contributed by atoms with Crippen molar-refractivity contribution < 1.29 is 8.42 Å². The summed E-state index contributed by atoms with van der Waals surface area (Å²) in [5, 5.41) is 3.19. The largest absolute Gasteiger partial charge is 0.382 e. The average Bonchev–Trinajstić information content (AvgIpc) is 2.18. The predicted octanol–water partition coefficient (Wildman–Crippen LogP) is 2.48. The third kappa shape index (κ3) is 5.73. The summed E-state index contributed by atoms with van der Waals surface area (Å²) in [6.45, 7) is 4.03. The Morgan fingerprint density at radius 2 is 1.82 bits per heavy atom. The molecule has 1 N–H and O–H groups in total. The van der Waals surface area contributed by atoms with Gasteiger partial charge in [-0.25, -0.2) is 8.42 Å². The fourth-order valence-electron chi connectivity index (χ4n) is 1.84. The van der Waals surface area contributed by atoms with Gasteiger partial charge < -0.3 is 5.32 Å². The molecule has 1 aromatic rings. The van der Waals surface area contributed by atoms with E-state index < -0.39 is 9.84 Å². The number of aryl methyl sites for hydroxylation is 1. The molecule has 1 aromatic carbocycles. The van der Waals surface area contributed by atoms with Crippen molar-refractivity contribution >= 4 is 15.5 Å². The van der Waals surface area contributed by atoms with E-state index in [1.54, 1.807) is 0 Å². The summed E-state index contributed by atoms with van der Waals surface area (Å²) in [5.41, 5.74) is 2.29. The maximum Gasteiger partial charge on any atom is 0.149 e. The minimum absolute atomic E-state index is 0.0676. The van der Waals surface area contributed by atoms with Crippen LogP contribution in [0.1, 0.15) is 25.8 Å². The van der Waals surface area contributed by atoms with Gasteiger partial charge in [-0.2, -0.15) is 0 Å². The molecule has 1 unspecified atom stereocenters.